The van der Waals surface area contributed by atoms with E-state index >= 15 is 0 Å². The van der Waals surface area contributed by atoms with Gasteiger partial charge >= 0.3 is 0 Å². The molecule has 30 heavy (non-hydrogen) atoms. The number of carbonyl (C=O) groups excluding carboxylic acids is 1. The molecule has 0 atom stereocenters. The first-order valence-corrected chi connectivity index (χ1v) is 10.7. The van der Waals surface area contributed by atoms with Gasteiger partial charge in [-0.25, -0.2) is 4.98 Å². The first-order valence-electron chi connectivity index (χ1n) is 8.97. The average Bonchev–Trinajstić information content (AvgIpc) is 2.75. The summed E-state index contributed by atoms with van der Waals surface area (Å²) in [6.07, 6.45) is 0. The lowest BCUT2D eigenvalue weighted by atomic mass is 10.2. The number of halogens is 2. The van der Waals surface area contributed by atoms with Crippen molar-refractivity contribution in [2.45, 2.75) is 5.16 Å². The standard InChI is InChI=1S/C22H15Cl2N3O2S/c23-14-5-9-16(10-6-14)25-20(28)13-30-22-26-19-4-2-1-3-18(19)21(29)27(22)17-11-7-15(24)8-12-17/h1-12H,13H2,(H,25,28). The number of para-hydroxylation sites is 1. The number of hydrogen-bond donors (Lipinski definition) is 1. The van der Waals surface area contributed by atoms with Gasteiger partial charge in [-0.05, 0) is 60.7 Å². The Hall–Kier alpha value is -2.80. The van der Waals surface area contributed by atoms with Crippen molar-refractivity contribution < 1.29 is 4.79 Å². The molecule has 1 heterocycles. The number of carbonyl (C=O) groups is 1. The van der Waals surface area contributed by atoms with E-state index in [1.165, 1.54) is 16.3 Å². The van der Waals surface area contributed by atoms with Gasteiger partial charge in [-0.3, -0.25) is 14.2 Å². The second-order valence-electron chi connectivity index (χ2n) is 6.37. The highest BCUT2D eigenvalue weighted by molar-refractivity contribution is 7.99. The maximum atomic E-state index is 13.2. The highest BCUT2D eigenvalue weighted by Gasteiger charge is 2.15. The molecule has 1 aromatic heterocycles. The number of nitrogens with zero attached hydrogens (tertiary/aromatic N) is 2. The lowest BCUT2D eigenvalue weighted by Gasteiger charge is -2.13. The van der Waals surface area contributed by atoms with Gasteiger partial charge in [-0.15, -0.1) is 0 Å². The first kappa shape index (κ1) is 20.5. The molecular formula is C22H15Cl2N3O2S. The van der Waals surface area contributed by atoms with Crippen molar-refractivity contribution in [2.24, 2.45) is 0 Å². The number of hydrogen-bond acceptors (Lipinski definition) is 4. The van der Waals surface area contributed by atoms with E-state index in [-0.39, 0.29) is 17.2 Å². The van der Waals surface area contributed by atoms with Gasteiger partial charge in [0.1, 0.15) is 0 Å². The molecule has 4 aromatic rings. The summed E-state index contributed by atoms with van der Waals surface area (Å²) in [5.74, 6) is -0.131. The van der Waals surface area contributed by atoms with Crippen LogP contribution < -0.4 is 10.9 Å². The van der Waals surface area contributed by atoms with Crippen LogP contribution in [0.4, 0.5) is 5.69 Å². The molecule has 0 saturated carbocycles. The number of thioether (sulfide) groups is 1. The fraction of sp³-hybridized carbons (Fsp3) is 0.0455. The van der Waals surface area contributed by atoms with Gasteiger partial charge in [0.25, 0.3) is 5.56 Å². The van der Waals surface area contributed by atoms with Gasteiger partial charge in [-0.2, -0.15) is 0 Å². The van der Waals surface area contributed by atoms with Gasteiger partial charge in [0, 0.05) is 15.7 Å². The van der Waals surface area contributed by atoms with Crippen LogP contribution in [0.1, 0.15) is 0 Å². The maximum absolute atomic E-state index is 13.2. The molecule has 0 radical (unpaired) electrons. The van der Waals surface area contributed by atoms with Crippen LogP contribution in [0.25, 0.3) is 16.6 Å². The summed E-state index contributed by atoms with van der Waals surface area (Å²) in [6.45, 7) is 0. The summed E-state index contributed by atoms with van der Waals surface area (Å²) in [5.41, 5.74) is 1.65. The summed E-state index contributed by atoms with van der Waals surface area (Å²) >= 11 is 13.1. The number of anilines is 1. The van der Waals surface area contributed by atoms with Crippen LogP contribution in [0.2, 0.25) is 10.0 Å². The van der Waals surface area contributed by atoms with Crippen LogP contribution in [0.15, 0.2) is 82.7 Å². The summed E-state index contributed by atoms with van der Waals surface area (Å²) in [5, 5.41) is 4.89. The lowest BCUT2D eigenvalue weighted by Crippen LogP contribution is -2.22. The van der Waals surface area contributed by atoms with Crippen molar-refractivity contribution >= 4 is 57.5 Å². The van der Waals surface area contributed by atoms with Crippen LogP contribution in [0.3, 0.4) is 0 Å². The van der Waals surface area contributed by atoms with E-state index in [0.29, 0.717) is 37.5 Å². The Morgan fingerprint density at radius 2 is 1.57 bits per heavy atom. The molecule has 5 nitrogen and oxygen atoms in total. The monoisotopic (exact) mass is 455 g/mol. The van der Waals surface area contributed by atoms with E-state index < -0.39 is 0 Å². The van der Waals surface area contributed by atoms with E-state index in [1.54, 1.807) is 66.7 Å². The number of benzene rings is 3. The van der Waals surface area contributed by atoms with E-state index in [0.717, 1.165) is 0 Å². The Morgan fingerprint density at radius 3 is 2.27 bits per heavy atom. The number of rotatable bonds is 5. The zero-order chi connectivity index (χ0) is 21.1. The van der Waals surface area contributed by atoms with Gasteiger partial charge in [0.2, 0.25) is 5.91 Å². The van der Waals surface area contributed by atoms with Gasteiger partial charge in [0.15, 0.2) is 5.16 Å². The van der Waals surface area contributed by atoms with Crippen LogP contribution in [-0.2, 0) is 4.79 Å². The third-order valence-electron chi connectivity index (χ3n) is 4.29. The number of amides is 1. The molecule has 8 heteroatoms. The minimum atomic E-state index is -0.215. The Kier molecular flexibility index (Phi) is 6.08. The van der Waals surface area contributed by atoms with Crippen molar-refractivity contribution in [3.05, 3.63) is 93.2 Å². The maximum Gasteiger partial charge on any atom is 0.266 e. The van der Waals surface area contributed by atoms with E-state index in [2.05, 4.69) is 10.3 Å². The minimum Gasteiger partial charge on any atom is -0.325 e. The Labute approximate surface area is 186 Å². The summed E-state index contributed by atoms with van der Waals surface area (Å²) < 4.78 is 1.50. The zero-order valence-corrected chi connectivity index (χ0v) is 17.8. The van der Waals surface area contributed by atoms with Crippen LogP contribution in [-0.4, -0.2) is 21.2 Å². The Morgan fingerprint density at radius 1 is 0.933 bits per heavy atom. The van der Waals surface area contributed by atoms with Crippen LogP contribution in [0.5, 0.6) is 0 Å². The highest BCUT2D eigenvalue weighted by atomic mass is 35.5. The van der Waals surface area contributed by atoms with Crippen molar-refractivity contribution in [3.8, 4) is 5.69 Å². The molecule has 1 N–H and O–H groups in total. The molecule has 0 fully saturated rings. The van der Waals surface area contributed by atoms with Crippen LogP contribution >= 0.6 is 35.0 Å². The fourth-order valence-electron chi connectivity index (χ4n) is 2.89. The van der Waals surface area contributed by atoms with Gasteiger partial charge < -0.3 is 5.32 Å². The van der Waals surface area contributed by atoms with Crippen LogP contribution in [0, 0.1) is 0 Å². The molecule has 4 rings (SSSR count). The van der Waals surface area contributed by atoms with Crippen molar-refractivity contribution in [2.75, 3.05) is 11.1 Å². The van der Waals surface area contributed by atoms with Crippen molar-refractivity contribution in [1.29, 1.82) is 0 Å². The Balaban J connectivity index is 1.66. The number of fused-ring (bicyclic) bond motifs is 1. The lowest BCUT2D eigenvalue weighted by molar-refractivity contribution is -0.113. The zero-order valence-electron chi connectivity index (χ0n) is 15.5. The number of aromatic nitrogens is 2. The van der Waals surface area contributed by atoms with E-state index in [1.807, 2.05) is 6.07 Å². The molecule has 0 saturated heterocycles. The van der Waals surface area contributed by atoms with Gasteiger partial charge in [-0.1, -0.05) is 47.1 Å². The summed E-state index contributed by atoms with van der Waals surface area (Å²) in [7, 11) is 0. The molecule has 150 valence electrons. The average molecular weight is 456 g/mol. The molecular weight excluding hydrogens is 441 g/mol. The normalized spacial score (nSPS) is 10.9. The van der Waals surface area contributed by atoms with Gasteiger partial charge in [0.05, 0.1) is 22.3 Å². The Bertz CT molecular complexity index is 1270. The first-order chi connectivity index (χ1) is 14.5. The third-order valence-corrected chi connectivity index (χ3v) is 5.73. The molecule has 1 amide bonds. The molecule has 0 aliphatic heterocycles. The van der Waals surface area contributed by atoms with Crippen molar-refractivity contribution in [1.82, 2.24) is 9.55 Å². The van der Waals surface area contributed by atoms with E-state index in [9.17, 15) is 9.59 Å². The molecule has 0 bridgehead atoms. The molecule has 3 aromatic carbocycles. The summed E-state index contributed by atoms with van der Waals surface area (Å²) in [6, 6.07) is 20.9. The minimum absolute atomic E-state index is 0.0843. The number of nitrogens with one attached hydrogen (secondary N) is 1. The largest absolute Gasteiger partial charge is 0.325 e. The third kappa shape index (κ3) is 4.51. The predicted molar refractivity (Wildman–Crippen MR) is 123 cm³/mol. The fourth-order valence-corrected chi connectivity index (χ4v) is 3.95. The molecule has 0 aliphatic rings. The second-order valence-corrected chi connectivity index (χ2v) is 8.19. The molecule has 0 aliphatic carbocycles. The highest BCUT2D eigenvalue weighted by Crippen LogP contribution is 2.23. The quantitative estimate of drug-likeness (QED) is 0.322. The summed E-state index contributed by atoms with van der Waals surface area (Å²) in [4.78, 5) is 30.2. The SMILES string of the molecule is O=C(CSc1nc2ccccc2c(=O)n1-c1ccc(Cl)cc1)Nc1ccc(Cl)cc1. The molecule has 0 unspecified atom stereocenters. The van der Waals surface area contributed by atoms with E-state index in [4.69, 9.17) is 23.2 Å². The predicted octanol–water partition coefficient (Wildman–Crippen LogP) is 5.42. The smallest absolute Gasteiger partial charge is 0.266 e. The molecule has 0 spiro atoms. The second kappa shape index (κ2) is 8.92. The topological polar surface area (TPSA) is 64.0 Å². The van der Waals surface area contributed by atoms with Crippen molar-refractivity contribution in [3.63, 3.8) is 0 Å².